The third kappa shape index (κ3) is 4.85. The van der Waals surface area contributed by atoms with Crippen LogP contribution >= 0.6 is 0 Å². The summed E-state index contributed by atoms with van der Waals surface area (Å²) in [4.78, 5) is 12.5. The minimum atomic E-state index is 0.115. The molecule has 2 aromatic carbocycles. The predicted octanol–water partition coefficient (Wildman–Crippen LogP) is 4.59. The molecule has 132 valence electrons. The fraction of sp³-hybridized carbons (Fsp3) is 0.409. The van der Waals surface area contributed by atoms with E-state index >= 15 is 0 Å². The highest BCUT2D eigenvalue weighted by Gasteiger charge is 2.33. The number of para-hydroxylation sites is 1. The zero-order valence-electron chi connectivity index (χ0n) is 15.1. The average Bonchev–Trinajstić information content (AvgIpc) is 3.45. The fourth-order valence-corrected chi connectivity index (χ4v) is 3.18. The number of carbonyl (C=O) groups is 1. The second kappa shape index (κ2) is 8.19. The van der Waals surface area contributed by atoms with Crippen LogP contribution in [0, 0.1) is 12.8 Å². The molecule has 0 radical (unpaired) electrons. The lowest BCUT2D eigenvalue weighted by Gasteiger charge is -2.19. The summed E-state index contributed by atoms with van der Waals surface area (Å²) in [6.07, 6.45) is 3.59. The Balaban J connectivity index is 1.60. The zero-order valence-corrected chi connectivity index (χ0v) is 15.1. The van der Waals surface area contributed by atoms with Gasteiger partial charge in [0.15, 0.2) is 0 Å². The van der Waals surface area contributed by atoms with Crippen molar-refractivity contribution in [1.29, 1.82) is 0 Å². The van der Waals surface area contributed by atoms with Gasteiger partial charge >= 0.3 is 0 Å². The van der Waals surface area contributed by atoms with Gasteiger partial charge in [0.05, 0.1) is 12.6 Å². The lowest BCUT2D eigenvalue weighted by atomic mass is 10.0. The minimum absolute atomic E-state index is 0.115. The molecule has 1 N–H and O–H groups in total. The number of rotatable bonds is 8. The topological polar surface area (TPSA) is 38.3 Å². The number of hydrogen-bond acceptors (Lipinski definition) is 2. The molecule has 3 nitrogen and oxygen atoms in total. The van der Waals surface area contributed by atoms with Crippen molar-refractivity contribution in [2.75, 3.05) is 6.61 Å². The molecule has 0 bridgehead atoms. The molecule has 0 aliphatic heterocycles. The van der Waals surface area contributed by atoms with E-state index in [4.69, 9.17) is 4.74 Å². The van der Waals surface area contributed by atoms with Gasteiger partial charge in [0.1, 0.15) is 5.75 Å². The van der Waals surface area contributed by atoms with Crippen LogP contribution in [-0.2, 0) is 11.2 Å². The van der Waals surface area contributed by atoms with E-state index in [0.29, 0.717) is 25.4 Å². The normalized spacial score (nSPS) is 14.8. The second-order valence-corrected chi connectivity index (χ2v) is 6.83. The van der Waals surface area contributed by atoms with Gasteiger partial charge in [0.2, 0.25) is 5.91 Å². The van der Waals surface area contributed by atoms with Gasteiger partial charge in [-0.2, -0.15) is 0 Å². The van der Waals surface area contributed by atoms with E-state index in [9.17, 15) is 4.79 Å². The first kappa shape index (κ1) is 17.5. The van der Waals surface area contributed by atoms with E-state index in [1.807, 2.05) is 31.2 Å². The highest BCUT2D eigenvalue weighted by atomic mass is 16.5. The Morgan fingerprint density at radius 3 is 2.56 bits per heavy atom. The zero-order chi connectivity index (χ0) is 17.6. The molecule has 3 rings (SSSR count). The first-order chi connectivity index (χ1) is 12.2. The summed E-state index contributed by atoms with van der Waals surface area (Å²) in [5.74, 6) is 1.58. The van der Waals surface area contributed by atoms with Crippen molar-refractivity contribution in [3.05, 3.63) is 65.2 Å². The monoisotopic (exact) mass is 337 g/mol. The smallest absolute Gasteiger partial charge is 0.220 e. The van der Waals surface area contributed by atoms with Gasteiger partial charge in [0.25, 0.3) is 0 Å². The molecule has 1 amide bonds. The molecule has 1 aliphatic rings. The summed E-state index contributed by atoms with van der Waals surface area (Å²) in [7, 11) is 0. The second-order valence-electron chi connectivity index (χ2n) is 6.83. The van der Waals surface area contributed by atoms with Gasteiger partial charge in [-0.1, -0.05) is 48.0 Å². The summed E-state index contributed by atoms with van der Waals surface area (Å²) in [6, 6.07) is 16.6. The van der Waals surface area contributed by atoms with E-state index in [2.05, 4.69) is 36.5 Å². The van der Waals surface area contributed by atoms with E-state index < -0.39 is 0 Å². The Hall–Kier alpha value is -2.29. The van der Waals surface area contributed by atoms with Crippen LogP contribution < -0.4 is 10.1 Å². The van der Waals surface area contributed by atoms with Crippen LogP contribution in [0.2, 0.25) is 0 Å². The van der Waals surface area contributed by atoms with Gasteiger partial charge in [-0.05, 0) is 56.2 Å². The van der Waals surface area contributed by atoms with Crippen molar-refractivity contribution < 1.29 is 9.53 Å². The summed E-state index contributed by atoms with van der Waals surface area (Å²) in [5, 5.41) is 3.26. The van der Waals surface area contributed by atoms with Gasteiger partial charge in [-0.25, -0.2) is 0 Å². The van der Waals surface area contributed by atoms with Crippen LogP contribution in [0.4, 0.5) is 0 Å². The fourth-order valence-electron chi connectivity index (χ4n) is 3.18. The van der Waals surface area contributed by atoms with Crippen LogP contribution in [0.1, 0.15) is 48.9 Å². The van der Waals surface area contributed by atoms with Crippen molar-refractivity contribution >= 4 is 5.91 Å². The first-order valence-corrected chi connectivity index (χ1v) is 9.24. The van der Waals surface area contributed by atoms with Crippen LogP contribution in [0.5, 0.6) is 5.75 Å². The molecule has 0 heterocycles. The third-order valence-corrected chi connectivity index (χ3v) is 4.74. The number of nitrogens with one attached hydrogen (secondary N) is 1. The number of aryl methyl sites for hydroxylation is 2. The molecular formula is C22H27NO2. The Bertz CT molecular complexity index is 704. The average molecular weight is 337 g/mol. The Labute approximate surface area is 150 Å². The van der Waals surface area contributed by atoms with E-state index in [0.717, 1.165) is 11.3 Å². The Morgan fingerprint density at radius 1 is 1.16 bits per heavy atom. The standard InChI is InChI=1S/C22H27NO2/c1-3-25-20-7-5-4-6-17(20)14-15-21(24)23-22(19-12-13-19)18-10-8-16(2)9-11-18/h4-11,19,22H,3,12-15H2,1-2H3,(H,23,24). The van der Waals surface area contributed by atoms with Crippen LogP contribution in [-0.4, -0.2) is 12.5 Å². The molecule has 1 fully saturated rings. The maximum Gasteiger partial charge on any atom is 0.220 e. The molecule has 0 saturated heterocycles. The van der Waals surface area contributed by atoms with Crippen LogP contribution in [0.15, 0.2) is 48.5 Å². The molecular weight excluding hydrogens is 310 g/mol. The molecule has 1 saturated carbocycles. The van der Waals surface area contributed by atoms with E-state index in [-0.39, 0.29) is 11.9 Å². The summed E-state index contributed by atoms with van der Waals surface area (Å²) >= 11 is 0. The Kier molecular flexibility index (Phi) is 5.75. The minimum Gasteiger partial charge on any atom is -0.494 e. The molecule has 0 spiro atoms. The SMILES string of the molecule is CCOc1ccccc1CCC(=O)NC(c1ccc(C)cc1)C1CC1. The first-order valence-electron chi connectivity index (χ1n) is 9.24. The van der Waals surface area contributed by atoms with Crippen LogP contribution in [0.25, 0.3) is 0 Å². The lowest BCUT2D eigenvalue weighted by Crippen LogP contribution is -2.30. The number of carbonyl (C=O) groups excluding carboxylic acids is 1. The van der Waals surface area contributed by atoms with Crippen molar-refractivity contribution in [2.24, 2.45) is 5.92 Å². The maximum absolute atomic E-state index is 12.5. The van der Waals surface area contributed by atoms with E-state index in [1.165, 1.54) is 24.0 Å². The number of amides is 1. The van der Waals surface area contributed by atoms with Crippen molar-refractivity contribution in [3.8, 4) is 5.75 Å². The molecule has 1 aliphatic carbocycles. The van der Waals surface area contributed by atoms with Gasteiger partial charge in [-0.15, -0.1) is 0 Å². The molecule has 0 aromatic heterocycles. The molecule has 1 unspecified atom stereocenters. The molecule has 25 heavy (non-hydrogen) atoms. The number of hydrogen-bond donors (Lipinski definition) is 1. The van der Waals surface area contributed by atoms with Crippen molar-refractivity contribution in [3.63, 3.8) is 0 Å². The molecule has 3 heteroatoms. The molecule has 2 aromatic rings. The van der Waals surface area contributed by atoms with Gasteiger partial charge in [-0.3, -0.25) is 4.79 Å². The quantitative estimate of drug-likeness (QED) is 0.765. The number of ether oxygens (including phenoxy) is 1. The summed E-state index contributed by atoms with van der Waals surface area (Å²) in [5.41, 5.74) is 3.56. The third-order valence-electron chi connectivity index (χ3n) is 4.74. The van der Waals surface area contributed by atoms with Crippen molar-refractivity contribution in [1.82, 2.24) is 5.32 Å². The lowest BCUT2D eigenvalue weighted by molar-refractivity contribution is -0.122. The molecule has 1 atom stereocenters. The van der Waals surface area contributed by atoms with Gasteiger partial charge in [0, 0.05) is 6.42 Å². The summed E-state index contributed by atoms with van der Waals surface area (Å²) in [6.45, 7) is 4.70. The van der Waals surface area contributed by atoms with Crippen LogP contribution in [0.3, 0.4) is 0 Å². The number of benzene rings is 2. The maximum atomic E-state index is 12.5. The van der Waals surface area contributed by atoms with Gasteiger partial charge < -0.3 is 10.1 Å². The highest BCUT2D eigenvalue weighted by Crippen LogP contribution is 2.41. The predicted molar refractivity (Wildman–Crippen MR) is 101 cm³/mol. The largest absolute Gasteiger partial charge is 0.494 e. The van der Waals surface area contributed by atoms with E-state index in [1.54, 1.807) is 0 Å². The van der Waals surface area contributed by atoms with Crippen molar-refractivity contribution in [2.45, 2.75) is 45.6 Å². The Morgan fingerprint density at radius 2 is 1.88 bits per heavy atom. The highest BCUT2D eigenvalue weighted by molar-refractivity contribution is 5.77. The summed E-state index contributed by atoms with van der Waals surface area (Å²) < 4.78 is 5.65.